The van der Waals surface area contributed by atoms with Gasteiger partial charge in [0.15, 0.2) is 0 Å². The first-order valence-electron chi connectivity index (χ1n) is 7.47. The van der Waals surface area contributed by atoms with Crippen LogP contribution in [0.3, 0.4) is 0 Å². The van der Waals surface area contributed by atoms with Crippen LogP contribution in [0.15, 0.2) is 48.5 Å². The molecule has 0 aromatic heterocycles. The number of hydrogen-bond acceptors (Lipinski definition) is 2. The fraction of sp³-hybridized carbons (Fsp3) is 0.278. The lowest BCUT2D eigenvalue weighted by molar-refractivity contribution is -0.120. The molecule has 0 heterocycles. The van der Waals surface area contributed by atoms with Crippen LogP contribution < -0.4 is 5.32 Å². The zero-order valence-electron chi connectivity index (χ0n) is 12.7. The molecule has 2 aromatic carbocycles. The van der Waals surface area contributed by atoms with Gasteiger partial charge in [0, 0.05) is 34.5 Å². The zero-order chi connectivity index (χ0) is 16.5. The topological polar surface area (TPSA) is 29.1 Å². The molecule has 0 aliphatic carbocycles. The van der Waals surface area contributed by atoms with Crippen molar-refractivity contribution in [2.24, 2.45) is 0 Å². The molecule has 0 bridgehead atoms. The van der Waals surface area contributed by atoms with Gasteiger partial charge >= 0.3 is 0 Å². The third kappa shape index (κ3) is 6.86. The van der Waals surface area contributed by atoms with Crippen LogP contribution in [0.2, 0.25) is 10.0 Å². The van der Waals surface area contributed by atoms with Gasteiger partial charge in [0.1, 0.15) is 0 Å². The van der Waals surface area contributed by atoms with Crippen molar-refractivity contribution in [2.45, 2.75) is 18.6 Å². The number of amides is 1. The van der Waals surface area contributed by atoms with Gasteiger partial charge in [-0.05, 0) is 29.7 Å². The molecule has 0 saturated heterocycles. The summed E-state index contributed by atoms with van der Waals surface area (Å²) in [7, 11) is 0. The average Bonchev–Trinajstić information content (AvgIpc) is 2.55. The molecule has 2 nitrogen and oxygen atoms in total. The molecule has 0 aliphatic rings. The first-order valence-corrected chi connectivity index (χ1v) is 9.38. The standard InChI is InChI=1S/C18H19Cl2NOS/c19-16-8-7-15(17(20)12-16)13-23-11-10-21-18(22)9-6-14-4-2-1-3-5-14/h1-5,7-8,12H,6,9-11,13H2,(H,21,22). The van der Waals surface area contributed by atoms with Crippen molar-refractivity contribution in [1.29, 1.82) is 0 Å². The number of benzene rings is 2. The number of carbonyl (C=O) groups is 1. The van der Waals surface area contributed by atoms with Gasteiger partial charge < -0.3 is 5.32 Å². The number of aryl methyl sites for hydroxylation is 1. The van der Waals surface area contributed by atoms with Crippen molar-refractivity contribution in [1.82, 2.24) is 5.32 Å². The number of carbonyl (C=O) groups excluding carboxylic acids is 1. The maximum atomic E-state index is 11.8. The van der Waals surface area contributed by atoms with Gasteiger partial charge in [-0.2, -0.15) is 11.8 Å². The van der Waals surface area contributed by atoms with Crippen molar-refractivity contribution in [2.75, 3.05) is 12.3 Å². The summed E-state index contributed by atoms with van der Waals surface area (Å²) < 4.78 is 0. The Hall–Kier alpha value is -1.16. The molecular formula is C18H19Cl2NOS. The smallest absolute Gasteiger partial charge is 0.220 e. The Balaban J connectivity index is 1.59. The number of nitrogens with one attached hydrogen (secondary N) is 1. The highest BCUT2D eigenvalue weighted by molar-refractivity contribution is 7.98. The highest BCUT2D eigenvalue weighted by atomic mass is 35.5. The number of rotatable bonds is 8. The Labute approximate surface area is 151 Å². The average molecular weight is 368 g/mol. The number of hydrogen-bond donors (Lipinski definition) is 1. The van der Waals surface area contributed by atoms with Gasteiger partial charge in [0.05, 0.1) is 0 Å². The third-order valence-corrected chi connectivity index (χ3v) is 4.92. The molecule has 23 heavy (non-hydrogen) atoms. The van der Waals surface area contributed by atoms with Crippen LogP contribution >= 0.6 is 35.0 Å². The van der Waals surface area contributed by atoms with Crippen LogP contribution in [-0.4, -0.2) is 18.2 Å². The summed E-state index contributed by atoms with van der Waals surface area (Å²) in [6.45, 7) is 0.670. The Morgan fingerprint density at radius 2 is 1.87 bits per heavy atom. The van der Waals surface area contributed by atoms with E-state index in [0.29, 0.717) is 23.0 Å². The SMILES string of the molecule is O=C(CCc1ccccc1)NCCSCc1ccc(Cl)cc1Cl. The molecule has 0 unspecified atom stereocenters. The van der Waals surface area contributed by atoms with Crippen LogP contribution in [0.1, 0.15) is 17.5 Å². The molecule has 1 amide bonds. The molecule has 0 spiro atoms. The first kappa shape index (κ1) is 18.2. The van der Waals surface area contributed by atoms with Gasteiger partial charge in [-0.25, -0.2) is 0 Å². The van der Waals surface area contributed by atoms with Crippen molar-refractivity contribution in [3.8, 4) is 0 Å². The van der Waals surface area contributed by atoms with E-state index in [1.165, 1.54) is 5.56 Å². The van der Waals surface area contributed by atoms with Crippen LogP contribution in [0.4, 0.5) is 0 Å². The molecule has 122 valence electrons. The Morgan fingerprint density at radius 3 is 2.61 bits per heavy atom. The summed E-state index contributed by atoms with van der Waals surface area (Å²) in [6.07, 6.45) is 1.30. The quantitative estimate of drug-likeness (QED) is 0.666. The largest absolute Gasteiger partial charge is 0.355 e. The van der Waals surface area contributed by atoms with Crippen molar-refractivity contribution in [3.63, 3.8) is 0 Å². The molecule has 2 rings (SSSR count). The van der Waals surface area contributed by atoms with E-state index >= 15 is 0 Å². The van der Waals surface area contributed by atoms with Crippen molar-refractivity contribution < 1.29 is 4.79 Å². The van der Waals surface area contributed by atoms with E-state index in [0.717, 1.165) is 23.5 Å². The van der Waals surface area contributed by atoms with E-state index in [1.807, 2.05) is 42.5 Å². The maximum absolute atomic E-state index is 11.8. The van der Waals surface area contributed by atoms with Gasteiger partial charge in [-0.1, -0.05) is 59.6 Å². The normalized spacial score (nSPS) is 10.5. The van der Waals surface area contributed by atoms with Crippen LogP contribution in [-0.2, 0) is 17.0 Å². The summed E-state index contributed by atoms with van der Waals surface area (Å²) in [6, 6.07) is 15.6. The zero-order valence-corrected chi connectivity index (χ0v) is 15.1. The number of halogens is 2. The summed E-state index contributed by atoms with van der Waals surface area (Å²) in [4.78, 5) is 11.8. The van der Waals surface area contributed by atoms with Crippen molar-refractivity contribution >= 4 is 40.9 Å². The summed E-state index contributed by atoms with van der Waals surface area (Å²) in [5.74, 6) is 1.77. The van der Waals surface area contributed by atoms with E-state index in [-0.39, 0.29) is 5.91 Å². The highest BCUT2D eigenvalue weighted by Gasteiger charge is 2.03. The highest BCUT2D eigenvalue weighted by Crippen LogP contribution is 2.24. The fourth-order valence-corrected chi connectivity index (χ4v) is 3.49. The van der Waals surface area contributed by atoms with Crippen LogP contribution in [0.5, 0.6) is 0 Å². The second-order valence-corrected chi connectivity index (χ2v) is 7.07. The molecule has 2 aromatic rings. The minimum absolute atomic E-state index is 0.0963. The molecule has 0 saturated carbocycles. The number of thioether (sulfide) groups is 1. The summed E-state index contributed by atoms with van der Waals surface area (Å²) in [5.41, 5.74) is 2.26. The molecule has 0 atom stereocenters. The Kier molecular flexibility index (Phi) is 7.80. The lowest BCUT2D eigenvalue weighted by Gasteiger charge is -2.07. The molecular weight excluding hydrogens is 349 g/mol. The maximum Gasteiger partial charge on any atom is 0.220 e. The lowest BCUT2D eigenvalue weighted by atomic mass is 10.1. The fourth-order valence-electron chi connectivity index (χ4n) is 2.07. The predicted octanol–water partition coefficient (Wildman–Crippen LogP) is 4.98. The van der Waals surface area contributed by atoms with E-state index < -0.39 is 0 Å². The third-order valence-electron chi connectivity index (χ3n) is 3.32. The molecule has 5 heteroatoms. The van der Waals surface area contributed by atoms with Gasteiger partial charge in [-0.3, -0.25) is 4.79 Å². The second kappa shape index (κ2) is 9.86. The van der Waals surface area contributed by atoms with E-state index in [4.69, 9.17) is 23.2 Å². The summed E-state index contributed by atoms with van der Waals surface area (Å²) >= 11 is 13.7. The van der Waals surface area contributed by atoms with Crippen LogP contribution in [0, 0.1) is 0 Å². The molecule has 0 radical (unpaired) electrons. The molecule has 0 fully saturated rings. The lowest BCUT2D eigenvalue weighted by Crippen LogP contribution is -2.25. The molecule has 0 aliphatic heterocycles. The predicted molar refractivity (Wildman–Crippen MR) is 100 cm³/mol. The monoisotopic (exact) mass is 367 g/mol. The Morgan fingerprint density at radius 1 is 1.09 bits per heavy atom. The minimum atomic E-state index is 0.0963. The first-order chi connectivity index (χ1) is 11.1. The second-order valence-electron chi connectivity index (χ2n) is 5.12. The van der Waals surface area contributed by atoms with E-state index in [1.54, 1.807) is 17.8 Å². The summed E-state index contributed by atoms with van der Waals surface area (Å²) in [5, 5.41) is 4.29. The van der Waals surface area contributed by atoms with Crippen LogP contribution in [0.25, 0.3) is 0 Å². The van der Waals surface area contributed by atoms with E-state index in [2.05, 4.69) is 5.32 Å². The minimum Gasteiger partial charge on any atom is -0.355 e. The van der Waals surface area contributed by atoms with E-state index in [9.17, 15) is 4.79 Å². The van der Waals surface area contributed by atoms with Crippen molar-refractivity contribution in [3.05, 3.63) is 69.7 Å². The van der Waals surface area contributed by atoms with Gasteiger partial charge in [0.2, 0.25) is 5.91 Å². The molecule has 1 N–H and O–H groups in total. The van der Waals surface area contributed by atoms with Gasteiger partial charge in [0.25, 0.3) is 0 Å². The Bertz CT molecular complexity index is 634. The van der Waals surface area contributed by atoms with Gasteiger partial charge in [-0.15, -0.1) is 0 Å².